The number of carbonyl (C=O) groups excluding carboxylic acids is 2. The van der Waals surface area contributed by atoms with Crippen LogP contribution in [0, 0.1) is 0 Å². The normalized spacial score (nSPS) is 14.4. The van der Waals surface area contributed by atoms with E-state index in [2.05, 4.69) is 16.4 Å². The van der Waals surface area contributed by atoms with Crippen LogP contribution in [0.25, 0.3) is 10.2 Å². The number of carbonyl (C=O) groups is 2. The molecule has 2 aromatic heterocycles. The van der Waals surface area contributed by atoms with Crippen molar-refractivity contribution in [3.63, 3.8) is 0 Å². The van der Waals surface area contributed by atoms with E-state index in [0.717, 1.165) is 40.1 Å². The van der Waals surface area contributed by atoms with Gasteiger partial charge < -0.3 is 11.1 Å². The number of rotatable bonds is 6. The van der Waals surface area contributed by atoms with Crippen molar-refractivity contribution in [1.29, 1.82) is 0 Å². The second kappa shape index (κ2) is 7.62. The maximum absolute atomic E-state index is 12.6. The summed E-state index contributed by atoms with van der Waals surface area (Å²) in [5.41, 5.74) is 8.06. The topological polar surface area (TPSA) is 88.3 Å². The maximum Gasteiger partial charge on any atom is 0.251 e. The fourth-order valence-corrected chi connectivity index (χ4v) is 5.94. The number of anilines is 1. The Bertz CT molecular complexity index is 1020. The Kier molecular flexibility index (Phi) is 5.18. The van der Waals surface area contributed by atoms with Gasteiger partial charge >= 0.3 is 0 Å². The highest BCUT2D eigenvalue weighted by molar-refractivity contribution is 7.18. The average Bonchev–Trinajstić information content (AvgIpc) is 3.33. The van der Waals surface area contributed by atoms with Gasteiger partial charge in [-0.3, -0.25) is 14.5 Å². The van der Waals surface area contributed by atoms with Crippen LogP contribution in [0.5, 0.6) is 0 Å². The van der Waals surface area contributed by atoms with Crippen LogP contribution in [0.1, 0.15) is 45.2 Å². The van der Waals surface area contributed by atoms with E-state index in [4.69, 9.17) is 5.73 Å². The van der Waals surface area contributed by atoms with Gasteiger partial charge in [-0.1, -0.05) is 12.1 Å². The molecular formula is C20H22N4O2S2. The zero-order chi connectivity index (χ0) is 19.8. The third-order valence-electron chi connectivity index (χ3n) is 5.14. The molecule has 0 spiro atoms. The van der Waals surface area contributed by atoms with Gasteiger partial charge in [0.15, 0.2) is 0 Å². The highest BCUT2D eigenvalue weighted by atomic mass is 32.1. The minimum atomic E-state index is -0.467. The predicted octanol–water partition coefficient (Wildman–Crippen LogP) is 3.58. The molecule has 1 unspecified atom stereocenters. The molecule has 6 nitrogen and oxygen atoms in total. The number of nitrogens with zero attached hydrogens (tertiary/aromatic N) is 2. The summed E-state index contributed by atoms with van der Waals surface area (Å²) in [5, 5.41) is 4.47. The third-order valence-corrected chi connectivity index (χ3v) is 7.56. The summed E-state index contributed by atoms with van der Waals surface area (Å²) >= 11 is 3.12. The molecule has 3 N–H and O–H groups in total. The number of hydrogen-bond donors (Lipinski definition) is 2. The minimum Gasteiger partial charge on any atom is -0.365 e. The van der Waals surface area contributed by atoms with Crippen molar-refractivity contribution >= 4 is 49.7 Å². The van der Waals surface area contributed by atoms with E-state index in [1.807, 2.05) is 37.1 Å². The Hall–Kier alpha value is -2.29. The van der Waals surface area contributed by atoms with Gasteiger partial charge in [0.25, 0.3) is 5.91 Å². The molecule has 0 saturated heterocycles. The van der Waals surface area contributed by atoms with Crippen LogP contribution in [-0.4, -0.2) is 35.3 Å². The second-order valence-electron chi connectivity index (χ2n) is 7.08. The molecule has 0 aliphatic heterocycles. The fraction of sp³-hybridized carbons (Fsp3) is 0.350. The maximum atomic E-state index is 12.6. The quantitative estimate of drug-likeness (QED) is 0.645. The van der Waals surface area contributed by atoms with Gasteiger partial charge in [-0.15, -0.1) is 22.7 Å². The number of para-hydroxylation sites is 1. The second-order valence-corrected chi connectivity index (χ2v) is 9.25. The van der Waals surface area contributed by atoms with Crippen LogP contribution in [-0.2, 0) is 17.6 Å². The summed E-state index contributed by atoms with van der Waals surface area (Å²) in [6.45, 7) is 2.25. The summed E-state index contributed by atoms with van der Waals surface area (Å²) in [4.78, 5) is 32.3. The number of hydrogen-bond acceptors (Lipinski definition) is 6. The standard InChI is InChI=1S/C20H22N4O2S2/c1-11(19-22-13-7-3-4-8-15(13)28-19)24(2)10-16(25)23-20-17(18(21)26)12-6-5-9-14(12)27-20/h3-4,7-8,11H,5-6,9-10H2,1-2H3,(H2,21,26)(H,23,25). The van der Waals surface area contributed by atoms with E-state index in [1.54, 1.807) is 11.3 Å². The molecule has 0 fully saturated rings. The van der Waals surface area contributed by atoms with Crippen molar-refractivity contribution in [1.82, 2.24) is 9.88 Å². The number of thiophene rings is 1. The zero-order valence-corrected chi connectivity index (χ0v) is 17.5. The van der Waals surface area contributed by atoms with Crippen LogP contribution in [0.15, 0.2) is 24.3 Å². The van der Waals surface area contributed by atoms with Crippen LogP contribution in [0.3, 0.4) is 0 Å². The molecule has 2 amide bonds. The molecule has 0 bridgehead atoms. The van der Waals surface area contributed by atoms with E-state index in [0.29, 0.717) is 10.6 Å². The largest absolute Gasteiger partial charge is 0.365 e. The number of thiazole rings is 1. The van der Waals surface area contributed by atoms with Gasteiger partial charge in [-0.05, 0) is 50.9 Å². The minimum absolute atomic E-state index is 0.00658. The van der Waals surface area contributed by atoms with Crippen molar-refractivity contribution in [2.45, 2.75) is 32.2 Å². The van der Waals surface area contributed by atoms with Gasteiger partial charge in [0.05, 0.1) is 28.4 Å². The smallest absolute Gasteiger partial charge is 0.251 e. The number of primary amides is 1. The van der Waals surface area contributed by atoms with Gasteiger partial charge in [-0.25, -0.2) is 4.98 Å². The number of aryl methyl sites for hydroxylation is 1. The molecule has 1 atom stereocenters. The molecule has 1 aliphatic carbocycles. The number of nitrogens with one attached hydrogen (secondary N) is 1. The van der Waals surface area contributed by atoms with Crippen molar-refractivity contribution < 1.29 is 9.59 Å². The van der Waals surface area contributed by atoms with Crippen molar-refractivity contribution in [2.24, 2.45) is 5.73 Å². The Morgan fingerprint density at radius 2 is 2.07 bits per heavy atom. The van der Waals surface area contributed by atoms with Gasteiger partial charge in [0.1, 0.15) is 10.0 Å². The zero-order valence-electron chi connectivity index (χ0n) is 15.8. The summed E-state index contributed by atoms with van der Waals surface area (Å²) in [6, 6.07) is 8.03. The van der Waals surface area contributed by atoms with E-state index in [1.165, 1.54) is 16.2 Å². The number of aromatic nitrogens is 1. The van der Waals surface area contributed by atoms with Crippen molar-refractivity contribution in [2.75, 3.05) is 18.9 Å². The van der Waals surface area contributed by atoms with Gasteiger partial charge in [-0.2, -0.15) is 0 Å². The number of fused-ring (bicyclic) bond motifs is 2. The molecule has 2 heterocycles. The first-order valence-electron chi connectivity index (χ1n) is 9.24. The SMILES string of the molecule is CC(c1nc2ccccc2s1)N(C)CC(=O)Nc1sc2c(c1C(N)=O)CCC2. The Morgan fingerprint density at radius 3 is 2.82 bits per heavy atom. The molecule has 1 aliphatic rings. The van der Waals surface area contributed by atoms with E-state index in [-0.39, 0.29) is 18.5 Å². The summed E-state index contributed by atoms with van der Waals surface area (Å²) in [6.07, 6.45) is 2.84. The lowest BCUT2D eigenvalue weighted by atomic mass is 10.1. The Morgan fingerprint density at radius 1 is 1.29 bits per heavy atom. The first-order chi connectivity index (χ1) is 13.4. The van der Waals surface area contributed by atoms with Crippen LogP contribution in [0.4, 0.5) is 5.00 Å². The van der Waals surface area contributed by atoms with Crippen LogP contribution >= 0.6 is 22.7 Å². The first-order valence-corrected chi connectivity index (χ1v) is 10.9. The molecule has 4 rings (SSSR count). The molecular weight excluding hydrogens is 392 g/mol. The highest BCUT2D eigenvalue weighted by Crippen LogP contribution is 2.38. The first kappa shape index (κ1) is 19.0. The summed E-state index contributed by atoms with van der Waals surface area (Å²) in [5.74, 6) is -0.621. The molecule has 146 valence electrons. The van der Waals surface area contributed by atoms with Crippen LogP contribution < -0.4 is 11.1 Å². The number of benzene rings is 1. The Labute approximate surface area is 171 Å². The predicted molar refractivity (Wildman–Crippen MR) is 114 cm³/mol. The molecule has 1 aromatic carbocycles. The Balaban J connectivity index is 1.45. The van der Waals surface area contributed by atoms with E-state index < -0.39 is 5.91 Å². The number of amides is 2. The molecule has 28 heavy (non-hydrogen) atoms. The average molecular weight is 415 g/mol. The molecule has 8 heteroatoms. The van der Waals surface area contributed by atoms with Crippen molar-refractivity contribution in [3.8, 4) is 0 Å². The lowest BCUT2D eigenvalue weighted by Crippen LogP contribution is -2.32. The summed E-state index contributed by atoms with van der Waals surface area (Å²) in [7, 11) is 1.90. The molecule has 0 saturated carbocycles. The molecule has 0 radical (unpaired) electrons. The van der Waals surface area contributed by atoms with Crippen molar-refractivity contribution in [3.05, 3.63) is 45.3 Å². The monoisotopic (exact) mass is 414 g/mol. The highest BCUT2D eigenvalue weighted by Gasteiger charge is 2.26. The third kappa shape index (κ3) is 3.55. The van der Waals surface area contributed by atoms with Gasteiger partial charge in [0, 0.05) is 4.88 Å². The van der Waals surface area contributed by atoms with Crippen LogP contribution in [0.2, 0.25) is 0 Å². The fourth-order valence-electron chi connectivity index (χ4n) is 3.54. The lowest BCUT2D eigenvalue weighted by molar-refractivity contribution is -0.117. The number of likely N-dealkylation sites (N-methyl/N-ethyl adjacent to an activating group) is 1. The van der Waals surface area contributed by atoms with Gasteiger partial charge in [0.2, 0.25) is 5.91 Å². The number of nitrogens with two attached hydrogens (primary N) is 1. The van der Waals surface area contributed by atoms with E-state index >= 15 is 0 Å². The summed E-state index contributed by atoms with van der Waals surface area (Å²) < 4.78 is 1.14. The lowest BCUT2D eigenvalue weighted by Gasteiger charge is -2.22. The molecule has 3 aromatic rings. The van der Waals surface area contributed by atoms with E-state index in [9.17, 15) is 9.59 Å².